The van der Waals surface area contributed by atoms with E-state index in [9.17, 15) is 0 Å². The number of nitrogens with one attached hydrogen (secondary N) is 1. The highest BCUT2D eigenvalue weighted by atomic mass is 16.5. The molecule has 16 heavy (non-hydrogen) atoms. The second kappa shape index (κ2) is 8.97. The summed E-state index contributed by atoms with van der Waals surface area (Å²) in [5.74, 6) is 0. The molecule has 3 heteroatoms. The van der Waals surface area contributed by atoms with Crippen LogP contribution in [0.4, 0.5) is 0 Å². The maximum Gasteiger partial charge on any atom is 0.0587 e. The van der Waals surface area contributed by atoms with E-state index in [2.05, 4.69) is 17.1 Å². The quantitative estimate of drug-likeness (QED) is 0.610. The maximum absolute atomic E-state index is 5.00. The van der Waals surface area contributed by atoms with Crippen molar-refractivity contribution in [2.45, 2.75) is 45.1 Å². The van der Waals surface area contributed by atoms with Crippen LogP contribution in [0.3, 0.4) is 0 Å². The van der Waals surface area contributed by atoms with Gasteiger partial charge >= 0.3 is 0 Å². The van der Waals surface area contributed by atoms with E-state index in [-0.39, 0.29) is 0 Å². The van der Waals surface area contributed by atoms with E-state index in [0.29, 0.717) is 0 Å². The van der Waals surface area contributed by atoms with Crippen LogP contribution in [0.25, 0.3) is 0 Å². The molecule has 0 spiro atoms. The molecular weight excluding hydrogens is 200 g/mol. The topological polar surface area (TPSA) is 24.5 Å². The molecule has 0 saturated heterocycles. The number of hydrogen-bond acceptors (Lipinski definition) is 3. The van der Waals surface area contributed by atoms with Crippen LogP contribution in [0, 0.1) is 0 Å². The van der Waals surface area contributed by atoms with Gasteiger partial charge in [-0.3, -0.25) is 0 Å². The molecule has 0 radical (unpaired) electrons. The van der Waals surface area contributed by atoms with Crippen LogP contribution in [0.5, 0.6) is 0 Å². The first-order valence-corrected chi connectivity index (χ1v) is 6.82. The monoisotopic (exact) mass is 228 g/mol. The van der Waals surface area contributed by atoms with Crippen molar-refractivity contribution in [3.8, 4) is 0 Å². The Morgan fingerprint density at radius 1 is 1.25 bits per heavy atom. The summed E-state index contributed by atoms with van der Waals surface area (Å²) in [7, 11) is 1.75. The Labute approximate surface area is 101 Å². The van der Waals surface area contributed by atoms with E-state index >= 15 is 0 Å². The van der Waals surface area contributed by atoms with E-state index in [1.807, 2.05) is 0 Å². The molecule has 0 aromatic heterocycles. The fraction of sp³-hybridized carbons (Fsp3) is 1.00. The van der Waals surface area contributed by atoms with Crippen molar-refractivity contribution in [3.05, 3.63) is 0 Å². The smallest absolute Gasteiger partial charge is 0.0587 e. The third-order valence-corrected chi connectivity index (χ3v) is 3.53. The molecular formula is C13H28N2O. The zero-order valence-corrected chi connectivity index (χ0v) is 11.0. The molecule has 1 fully saturated rings. The molecule has 1 saturated carbocycles. The molecule has 0 bridgehead atoms. The van der Waals surface area contributed by atoms with E-state index in [4.69, 9.17) is 4.74 Å². The van der Waals surface area contributed by atoms with Crippen LogP contribution in [0.1, 0.15) is 39.0 Å². The van der Waals surface area contributed by atoms with Gasteiger partial charge in [0.25, 0.3) is 0 Å². The first kappa shape index (κ1) is 13.9. The van der Waals surface area contributed by atoms with Gasteiger partial charge in [-0.25, -0.2) is 0 Å². The molecule has 1 aliphatic carbocycles. The highest BCUT2D eigenvalue weighted by Gasteiger charge is 2.20. The Hall–Kier alpha value is -0.120. The normalized spacial score (nSPS) is 17.4. The fourth-order valence-electron chi connectivity index (χ4n) is 2.57. The van der Waals surface area contributed by atoms with Crippen molar-refractivity contribution in [2.75, 3.05) is 39.9 Å². The summed E-state index contributed by atoms with van der Waals surface area (Å²) >= 11 is 0. The van der Waals surface area contributed by atoms with Crippen molar-refractivity contribution in [3.63, 3.8) is 0 Å². The lowest BCUT2D eigenvalue weighted by Crippen LogP contribution is -2.35. The van der Waals surface area contributed by atoms with Crippen molar-refractivity contribution in [1.82, 2.24) is 10.2 Å². The average Bonchev–Trinajstić information content (AvgIpc) is 2.82. The lowest BCUT2D eigenvalue weighted by Gasteiger charge is -2.27. The van der Waals surface area contributed by atoms with Gasteiger partial charge < -0.3 is 15.0 Å². The standard InChI is InChI=1S/C13H28N2O/c1-3-15(13-7-4-5-8-13)11-6-9-14-10-12-16-2/h13-14H,3-12H2,1-2H3. The first-order valence-electron chi connectivity index (χ1n) is 6.82. The van der Waals surface area contributed by atoms with Gasteiger partial charge in [0.1, 0.15) is 0 Å². The minimum absolute atomic E-state index is 0.820. The second-order valence-electron chi connectivity index (χ2n) is 4.66. The maximum atomic E-state index is 5.00. The number of ether oxygens (including phenoxy) is 1. The molecule has 0 aromatic carbocycles. The highest BCUT2D eigenvalue weighted by Crippen LogP contribution is 2.23. The number of methoxy groups -OCH3 is 1. The van der Waals surface area contributed by atoms with Gasteiger partial charge in [0.05, 0.1) is 6.61 Å². The third-order valence-electron chi connectivity index (χ3n) is 3.53. The minimum Gasteiger partial charge on any atom is -0.383 e. The summed E-state index contributed by atoms with van der Waals surface area (Å²) in [4.78, 5) is 2.66. The third kappa shape index (κ3) is 5.28. The molecule has 0 aromatic rings. The van der Waals surface area contributed by atoms with Gasteiger partial charge in [-0.1, -0.05) is 19.8 Å². The zero-order valence-electron chi connectivity index (χ0n) is 11.0. The predicted molar refractivity (Wildman–Crippen MR) is 68.9 cm³/mol. The summed E-state index contributed by atoms with van der Waals surface area (Å²) < 4.78 is 5.00. The Morgan fingerprint density at radius 3 is 2.62 bits per heavy atom. The molecule has 1 rings (SSSR count). The fourth-order valence-corrected chi connectivity index (χ4v) is 2.57. The molecule has 3 nitrogen and oxygen atoms in total. The van der Waals surface area contributed by atoms with Crippen LogP contribution < -0.4 is 5.32 Å². The van der Waals surface area contributed by atoms with Gasteiger partial charge in [-0.2, -0.15) is 0 Å². The average molecular weight is 228 g/mol. The highest BCUT2D eigenvalue weighted by molar-refractivity contribution is 4.76. The van der Waals surface area contributed by atoms with Gasteiger partial charge in [0.15, 0.2) is 0 Å². The lowest BCUT2D eigenvalue weighted by atomic mass is 10.2. The van der Waals surface area contributed by atoms with E-state index < -0.39 is 0 Å². The van der Waals surface area contributed by atoms with E-state index in [0.717, 1.165) is 25.7 Å². The van der Waals surface area contributed by atoms with Crippen LogP contribution in [-0.4, -0.2) is 50.8 Å². The van der Waals surface area contributed by atoms with Crippen molar-refractivity contribution in [1.29, 1.82) is 0 Å². The molecule has 1 aliphatic rings. The Morgan fingerprint density at radius 2 is 2.00 bits per heavy atom. The first-order chi connectivity index (χ1) is 7.88. The van der Waals surface area contributed by atoms with E-state index in [1.54, 1.807) is 7.11 Å². The molecule has 0 atom stereocenters. The summed E-state index contributed by atoms with van der Waals surface area (Å²) in [6.45, 7) is 7.67. The molecule has 1 N–H and O–H groups in total. The Kier molecular flexibility index (Phi) is 7.81. The lowest BCUT2D eigenvalue weighted by molar-refractivity contribution is 0.193. The minimum atomic E-state index is 0.820. The molecule has 96 valence electrons. The molecule has 0 amide bonds. The largest absolute Gasteiger partial charge is 0.383 e. The number of nitrogens with zero attached hydrogens (tertiary/aromatic N) is 1. The SMILES string of the molecule is CCN(CCCNCCOC)C1CCCC1. The Balaban J connectivity index is 2.00. The van der Waals surface area contributed by atoms with Crippen LogP contribution >= 0.6 is 0 Å². The molecule has 0 aliphatic heterocycles. The summed E-state index contributed by atoms with van der Waals surface area (Å²) in [6, 6.07) is 0.879. The van der Waals surface area contributed by atoms with Crippen molar-refractivity contribution in [2.24, 2.45) is 0 Å². The summed E-state index contributed by atoms with van der Waals surface area (Å²) in [5.41, 5.74) is 0. The number of hydrogen-bond donors (Lipinski definition) is 1. The summed E-state index contributed by atoms with van der Waals surface area (Å²) in [6.07, 6.45) is 6.98. The zero-order chi connectivity index (χ0) is 11.6. The van der Waals surface area contributed by atoms with Gasteiger partial charge in [-0.15, -0.1) is 0 Å². The Bertz CT molecular complexity index is 158. The molecule has 0 unspecified atom stereocenters. The van der Waals surface area contributed by atoms with Crippen LogP contribution in [0.15, 0.2) is 0 Å². The second-order valence-corrected chi connectivity index (χ2v) is 4.66. The van der Waals surface area contributed by atoms with Crippen LogP contribution in [0.2, 0.25) is 0 Å². The number of rotatable bonds is 9. The van der Waals surface area contributed by atoms with Crippen molar-refractivity contribution < 1.29 is 4.74 Å². The van der Waals surface area contributed by atoms with Crippen LogP contribution in [-0.2, 0) is 4.74 Å². The summed E-state index contributed by atoms with van der Waals surface area (Å²) in [5, 5.41) is 3.40. The van der Waals surface area contributed by atoms with Gasteiger partial charge in [0.2, 0.25) is 0 Å². The van der Waals surface area contributed by atoms with E-state index in [1.165, 1.54) is 45.2 Å². The predicted octanol–water partition coefficient (Wildman–Crippen LogP) is 1.88. The molecule has 0 heterocycles. The van der Waals surface area contributed by atoms with Crippen molar-refractivity contribution >= 4 is 0 Å². The van der Waals surface area contributed by atoms with Gasteiger partial charge in [0, 0.05) is 19.7 Å². The van der Waals surface area contributed by atoms with Gasteiger partial charge in [-0.05, 0) is 38.9 Å².